The van der Waals surface area contributed by atoms with E-state index in [4.69, 9.17) is 4.74 Å². The fourth-order valence-electron chi connectivity index (χ4n) is 4.20. The first-order chi connectivity index (χ1) is 14.7. The molecule has 32 heavy (non-hydrogen) atoms. The molecule has 1 aliphatic heterocycles. The molecule has 4 atom stereocenters. The third kappa shape index (κ3) is 7.32. The van der Waals surface area contributed by atoms with Gasteiger partial charge in [0.2, 0.25) is 11.8 Å². The molecule has 0 aromatic rings. The summed E-state index contributed by atoms with van der Waals surface area (Å²) in [7, 11) is 3.72. The van der Waals surface area contributed by atoms with E-state index >= 15 is 0 Å². The number of nitrogens with one attached hydrogen (secondary N) is 1. The molecule has 1 fully saturated rings. The van der Waals surface area contributed by atoms with Crippen molar-refractivity contribution in [2.24, 2.45) is 11.3 Å². The van der Waals surface area contributed by atoms with Crippen LogP contribution in [-0.2, 0) is 19.1 Å². The Labute approximate surface area is 194 Å². The lowest BCUT2D eigenvalue weighted by Crippen LogP contribution is -2.60. The molecule has 1 rings (SSSR count). The fourth-order valence-corrected chi connectivity index (χ4v) is 4.20. The van der Waals surface area contributed by atoms with Gasteiger partial charge in [0, 0.05) is 18.7 Å². The minimum atomic E-state index is -0.678. The molecule has 0 bridgehead atoms. The maximum atomic E-state index is 13.6. The van der Waals surface area contributed by atoms with Crippen molar-refractivity contribution in [3.05, 3.63) is 11.6 Å². The van der Waals surface area contributed by atoms with E-state index in [0.29, 0.717) is 18.2 Å². The van der Waals surface area contributed by atoms with Crippen LogP contribution in [0.15, 0.2) is 11.6 Å². The number of nitrogens with zero attached hydrogens (tertiary/aromatic N) is 2. The standard InChI is InChI=1S/C25H45N3O4/c1-11-32-24(31)17(4)15-20(16(2)3)28(10)23(30)21(25(6,7)8)26-22(29)19-14-12-13-18(5)27(19)9/h15-16,18-21H,11-14H2,1-10H3,(H,26,29)/b17-15+/t18-,19+,20-,21-/m1/s1. The van der Waals surface area contributed by atoms with Gasteiger partial charge in [-0.2, -0.15) is 0 Å². The van der Waals surface area contributed by atoms with Crippen molar-refractivity contribution in [2.45, 2.75) is 98.8 Å². The van der Waals surface area contributed by atoms with Gasteiger partial charge in [-0.25, -0.2) is 4.79 Å². The zero-order valence-electron chi connectivity index (χ0n) is 21.8. The van der Waals surface area contributed by atoms with E-state index in [1.54, 1.807) is 31.9 Å². The number of esters is 1. The van der Waals surface area contributed by atoms with Crippen molar-refractivity contribution in [3.63, 3.8) is 0 Å². The summed E-state index contributed by atoms with van der Waals surface area (Å²) in [5.41, 5.74) is 0.000687. The maximum absolute atomic E-state index is 13.6. The van der Waals surface area contributed by atoms with Crippen molar-refractivity contribution in [2.75, 3.05) is 20.7 Å². The summed E-state index contributed by atoms with van der Waals surface area (Å²) in [4.78, 5) is 42.7. The second-order valence-corrected chi connectivity index (χ2v) is 10.5. The normalized spacial score (nSPS) is 22.3. The molecule has 1 aliphatic rings. The molecule has 2 amide bonds. The van der Waals surface area contributed by atoms with Crippen LogP contribution in [0.5, 0.6) is 0 Å². The quantitative estimate of drug-likeness (QED) is 0.452. The molecule has 1 N–H and O–H groups in total. The zero-order valence-corrected chi connectivity index (χ0v) is 21.8. The van der Waals surface area contributed by atoms with Gasteiger partial charge in [0.05, 0.1) is 18.7 Å². The van der Waals surface area contributed by atoms with Gasteiger partial charge >= 0.3 is 5.97 Å². The Kier molecular flexibility index (Phi) is 10.4. The number of carbonyl (C=O) groups excluding carboxylic acids is 3. The molecule has 0 saturated carbocycles. The number of carbonyl (C=O) groups is 3. The van der Waals surface area contributed by atoms with Crippen LogP contribution in [0.1, 0.15) is 74.7 Å². The Morgan fingerprint density at radius 1 is 1.22 bits per heavy atom. The number of hydrogen-bond acceptors (Lipinski definition) is 5. The summed E-state index contributed by atoms with van der Waals surface area (Å²) < 4.78 is 5.09. The van der Waals surface area contributed by atoms with Crippen LogP contribution in [0.3, 0.4) is 0 Å². The average Bonchev–Trinajstić information content (AvgIpc) is 2.69. The minimum absolute atomic E-state index is 0.0787. The number of ether oxygens (including phenoxy) is 1. The first-order valence-corrected chi connectivity index (χ1v) is 11.9. The largest absolute Gasteiger partial charge is 0.463 e. The number of rotatable bonds is 8. The van der Waals surface area contributed by atoms with Gasteiger partial charge in [-0.1, -0.05) is 40.7 Å². The summed E-state index contributed by atoms with van der Waals surface area (Å²) in [6.07, 6.45) is 4.67. The number of amides is 2. The topological polar surface area (TPSA) is 79.0 Å². The summed E-state index contributed by atoms with van der Waals surface area (Å²) >= 11 is 0. The van der Waals surface area contributed by atoms with Crippen molar-refractivity contribution in [3.8, 4) is 0 Å². The summed E-state index contributed by atoms with van der Waals surface area (Å²) in [5.74, 6) is -0.562. The monoisotopic (exact) mass is 451 g/mol. The predicted molar refractivity (Wildman–Crippen MR) is 128 cm³/mol. The Morgan fingerprint density at radius 3 is 2.31 bits per heavy atom. The second-order valence-electron chi connectivity index (χ2n) is 10.5. The Morgan fingerprint density at radius 2 is 1.81 bits per heavy atom. The van der Waals surface area contributed by atoms with Gasteiger partial charge in [-0.15, -0.1) is 0 Å². The lowest BCUT2D eigenvalue weighted by Gasteiger charge is -2.40. The van der Waals surface area contributed by atoms with E-state index in [1.165, 1.54) is 0 Å². The van der Waals surface area contributed by atoms with Crippen LogP contribution in [-0.4, -0.2) is 72.5 Å². The van der Waals surface area contributed by atoms with Gasteiger partial charge in [0.15, 0.2) is 0 Å². The SMILES string of the molecule is CCOC(=O)/C(C)=C/[C@H](C(C)C)N(C)C(=O)[C@@H](NC(=O)[C@@H]1CCC[C@@H](C)N1C)C(C)(C)C. The highest BCUT2D eigenvalue weighted by atomic mass is 16.5. The lowest BCUT2D eigenvalue weighted by molar-refractivity contribution is -0.142. The van der Waals surface area contributed by atoms with Crippen molar-refractivity contribution in [1.29, 1.82) is 0 Å². The van der Waals surface area contributed by atoms with E-state index < -0.39 is 11.5 Å². The average molecular weight is 452 g/mol. The molecule has 7 nitrogen and oxygen atoms in total. The van der Waals surface area contributed by atoms with E-state index in [0.717, 1.165) is 19.3 Å². The zero-order chi connectivity index (χ0) is 24.8. The molecule has 0 aromatic carbocycles. The highest BCUT2D eigenvalue weighted by Gasteiger charge is 2.39. The van der Waals surface area contributed by atoms with Crippen LogP contribution in [0.4, 0.5) is 0 Å². The fraction of sp³-hybridized carbons (Fsp3) is 0.800. The predicted octanol–water partition coefficient (Wildman–Crippen LogP) is 3.38. The molecule has 0 aromatic heterocycles. The number of hydrogen-bond donors (Lipinski definition) is 1. The molecule has 184 valence electrons. The van der Waals surface area contributed by atoms with Crippen LogP contribution >= 0.6 is 0 Å². The molecule has 1 saturated heterocycles. The highest BCUT2D eigenvalue weighted by Crippen LogP contribution is 2.26. The van der Waals surface area contributed by atoms with Crippen molar-refractivity contribution >= 4 is 17.8 Å². The number of piperidine rings is 1. The maximum Gasteiger partial charge on any atom is 0.333 e. The molecular formula is C25H45N3O4. The molecule has 0 unspecified atom stereocenters. The summed E-state index contributed by atoms with van der Waals surface area (Å²) in [6.45, 7) is 15.8. The molecule has 0 radical (unpaired) electrons. The summed E-state index contributed by atoms with van der Waals surface area (Å²) in [5, 5.41) is 3.06. The van der Waals surface area contributed by atoms with Crippen LogP contribution in [0.2, 0.25) is 0 Å². The Balaban J connectivity index is 3.12. The van der Waals surface area contributed by atoms with Crippen LogP contribution in [0.25, 0.3) is 0 Å². The van der Waals surface area contributed by atoms with E-state index in [9.17, 15) is 14.4 Å². The van der Waals surface area contributed by atoms with Crippen LogP contribution < -0.4 is 5.32 Å². The molecule has 1 heterocycles. The van der Waals surface area contributed by atoms with Gasteiger partial charge in [0.1, 0.15) is 6.04 Å². The van der Waals surface area contributed by atoms with Gasteiger partial charge in [-0.05, 0) is 58.4 Å². The third-order valence-corrected chi connectivity index (χ3v) is 6.48. The van der Waals surface area contributed by atoms with E-state index in [1.807, 2.05) is 41.7 Å². The third-order valence-electron chi connectivity index (χ3n) is 6.48. The minimum Gasteiger partial charge on any atom is -0.463 e. The van der Waals surface area contributed by atoms with Gasteiger partial charge in [-0.3, -0.25) is 14.5 Å². The van der Waals surface area contributed by atoms with Gasteiger partial charge < -0.3 is 15.0 Å². The van der Waals surface area contributed by atoms with Crippen molar-refractivity contribution in [1.82, 2.24) is 15.1 Å². The first-order valence-electron chi connectivity index (χ1n) is 11.9. The van der Waals surface area contributed by atoms with Crippen molar-refractivity contribution < 1.29 is 19.1 Å². The second kappa shape index (κ2) is 11.8. The molecular weight excluding hydrogens is 406 g/mol. The van der Waals surface area contributed by atoms with Crippen LogP contribution in [0, 0.1) is 11.3 Å². The summed E-state index contributed by atoms with van der Waals surface area (Å²) in [6, 6.07) is -0.866. The lowest BCUT2D eigenvalue weighted by atomic mass is 9.84. The Bertz CT molecular complexity index is 696. The molecule has 0 aliphatic carbocycles. The smallest absolute Gasteiger partial charge is 0.333 e. The van der Waals surface area contributed by atoms with E-state index in [2.05, 4.69) is 17.1 Å². The first kappa shape index (κ1) is 28.1. The molecule has 0 spiro atoms. The number of likely N-dealkylation sites (N-methyl/N-ethyl adjacent to an activating group) is 2. The highest BCUT2D eigenvalue weighted by molar-refractivity contribution is 5.91. The van der Waals surface area contributed by atoms with E-state index in [-0.39, 0.29) is 35.8 Å². The molecule has 7 heteroatoms. The number of likely N-dealkylation sites (tertiary alicyclic amines) is 1. The Hall–Kier alpha value is -1.89. The van der Waals surface area contributed by atoms with Gasteiger partial charge in [0.25, 0.3) is 0 Å².